The minimum atomic E-state index is -0.667. The second-order valence-corrected chi connectivity index (χ2v) is 4.66. The van der Waals surface area contributed by atoms with Gasteiger partial charge in [0, 0.05) is 5.02 Å². The summed E-state index contributed by atoms with van der Waals surface area (Å²) in [5, 5.41) is 13.8. The molecular weight excluding hydrogens is 301 g/mol. The molecule has 110 valence electrons. The third kappa shape index (κ3) is 3.34. The van der Waals surface area contributed by atoms with Crippen molar-refractivity contribution < 1.29 is 9.31 Å². The monoisotopic (exact) mass is 311 g/mol. The van der Waals surface area contributed by atoms with Crippen LogP contribution in [0.2, 0.25) is 5.02 Å². The van der Waals surface area contributed by atoms with Crippen molar-refractivity contribution in [1.82, 2.24) is 9.97 Å². The molecule has 2 aromatic rings. The van der Waals surface area contributed by atoms with Crippen molar-refractivity contribution in [3.63, 3.8) is 0 Å². The van der Waals surface area contributed by atoms with Gasteiger partial charge >= 0.3 is 5.69 Å². The number of nitrogens with two attached hydrogens (primary N) is 1. The zero-order valence-electron chi connectivity index (χ0n) is 10.9. The Hall–Kier alpha value is -2.48. The lowest BCUT2D eigenvalue weighted by atomic mass is 10.1. The molecule has 7 nitrogen and oxygen atoms in total. The molecule has 0 bridgehead atoms. The van der Waals surface area contributed by atoms with Crippen molar-refractivity contribution in [2.45, 2.75) is 13.0 Å². The van der Waals surface area contributed by atoms with E-state index in [-0.39, 0.29) is 28.5 Å². The summed E-state index contributed by atoms with van der Waals surface area (Å²) >= 11 is 5.95. The number of nitrogens with one attached hydrogen (secondary N) is 1. The van der Waals surface area contributed by atoms with Gasteiger partial charge in [0.25, 0.3) is 0 Å². The Balaban J connectivity index is 2.21. The number of halogens is 2. The van der Waals surface area contributed by atoms with E-state index >= 15 is 0 Å². The predicted molar refractivity (Wildman–Crippen MR) is 76.5 cm³/mol. The summed E-state index contributed by atoms with van der Waals surface area (Å²) in [4.78, 5) is 17.6. The number of rotatable bonds is 4. The van der Waals surface area contributed by atoms with E-state index in [1.807, 2.05) is 0 Å². The molecular formula is C12H11ClFN5O2. The molecule has 0 spiro atoms. The van der Waals surface area contributed by atoms with Crippen molar-refractivity contribution in [2.75, 3.05) is 11.1 Å². The van der Waals surface area contributed by atoms with Crippen LogP contribution in [0.4, 0.5) is 21.8 Å². The van der Waals surface area contributed by atoms with Crippen LogP contribution in [-0.4, -0.2) is 14.9 Å². The van der Waals surface area contributed by atoms with E-state index < -0.39 is 10.7 Å². The fourth-order valence-electron chi connectivity index (χ4n) is 1.72. The SMILES string of the molecule is CC(Nc1ncc([N+](=O)[O-])c(N)n1)c1ccc(F)cc1Cl. The summed E-state index contributed by atoms with van der Waals surface area (Å²) in [6.07, 6.45) is 1.02. The van der Waals surface area contributed by atoms with Crippen molar-refractivity contribution in [2.24, 2.45) is 0 Å². The maximum Gasteiger partial charge on any atom is 0.329 e. The maximum atomic E-state index is 13.0. The van der Waals surface area contributed by atoms with Crippen molar-refractivity contribution >= 4 is 29.1 Å². The van der Waals surface area contributed by atoms with E-state index in [4.69, 9.17) is 17.3 Å². The fourth-order valence-corrected chi connectivity index (χ4v) is 2.05. The van der Waals surface area contributed by atoms with Gasteiger partial charge in [0.1, 0.15) is 12.0 Å². The third-order valence-electron chi connectivity index (χ3n) is 2.77. The highest BCUT2D eigenvalue weighted by atomic mass is 35.5. The molecule has 0 amide bonds. The number of nitro groups is 1. The first-order chi connectivity index (χ1) is 9.88. The highest BCUT2D eigenvalue weighted by molar-refractivity contribution is 6.31. The van der Waals surface area contributed by atoms with Crippen LogP contribution in [0, 0.1) is 15.9 Å². The van der Waals surface area contributed by atoms with Gasteiger partial charge in [-0.25, -0.2) is 9.37 Å². The van der Waals surface area contributed by atoms with Crippen molar-refractivity contribution in [3.05, 3.63) is 50.9 Å². The van der Waals surface area contributed by atoms with E-state index in [9.17, 15) is 14.5 Å². The maximum absolute atomic E-state index is 13.0. The molecule has 1 aromatic carbocycles. The summed E-state index contributed by atoms with van der Waals surface area (Å²) < 4.78 is 13.0. The number of hydrogen-bond acceptors (Lipinski definition) is 6. The minimum Gasteiger partial charge on any atom is -0.378 e. The molecule has 1 aromatic heterocycles. The van der Waals surface area contributed by atoms with E-state index in [0.29, 0.717) is 5.56 Å². The fraction of sp³-hybridized carbons (Fsp3) is 0.167. The van der Waals surface area contributed by atoms with Crippen LogP contribution in [-0.2, 0) is 0 Å². The number of aromatic nitrogens is 2. The van der Waals surface area contributed by atoms with E-state index in [1.54, 1.807) is 6.92 Å². The van der Waals surface area contributed by atoms with Gasteiger partial charge in [-0.15, -0.1) is 0 Å². The second kappa shape index (κ2) is 5.88. The van der Waals surface area contributed by atoms with Gasteiger partial charge in [-0.05, 0) is 24.6 Å². The van der Waals surface area contributed by atoms with Crippen molar-refractivity contribution in [1.29, 1.82) is 0 Å². The zero-order chi connectivity index (χ0) is 15.6. The summed E-state index contributed by atoms with van der Waals surface area (Å²) in [5.74, 6) is -0.562. The first kappa shape index (κ1) is 14.9. The Kier molecular flexibility index (Phi) is 4.18. The molecule has 0 radical (unpaired) electrons. The van der Waals surface area contributed by atoms with Crippen LogP contribution < -0.4 is 11.1 Å². The van der Waals surface area contributed by atoms with Crippen LogP contribution in [0.15, 0.2) is 24.4 Å². The Morgan fingerprint density at radius 1 is 1.52 bits per heavy atom. The van der Waals surface area contributed by atoms with Crippen LogP contribution in [0.25, 0.3) is 0 Å². The normalized spacial score (nSPS) is 12.0. The molecule has 0 aliphatic carbocycles. The number of nitrogens with zero attached hydrogens (tertiary/aromatic N) is 3. The largest absolute Gasteiger partial charge is 0.378 e. The smallest absolute Gasteiger partial charge is 0.329 e. The Labute approximate surface area is 124 Å². The quantitative estimate of drug-likeness (QED) is 0.664. The van der Waals surface area contributed by atoms with E-state index in [1.165, 1.54) is 18.2 Å². The molecule has 3 N–H and O–H groups in total. The first-order valence-electron chi connectivity index (χ1n) is 5.87. The molecule has 9 heteroatoms. The standard InChI is InChI=1S/C12H11ClFN5O2/c1-6(8-3-2-7(14)4-9(8)13)17-12-16-5-10(19(20)21)11(15)18-12/h2-6H,1H3,(H3,15,16,17,18). The second-order valence-electron chi connectivity index (χ2n) is 4.25. The lowest BCUT2D eigenvalue weighted by Gasteiger charge is -2.15. The lowest BCUT2D eigenvalue weighted by molar-refractivity contribution is -0.384. The average molecular weight is 312 g/mol. The molecule has 21 heavy (non-hydrogen) atoms. The topological polar surface area (TPSA) is 107 Å². The predicted octanol–water partition coefficient (Wildman–Crippen LogP) is 2.93. The first-order valence-corrected chi connectivity index (χ1v) is 6.24. The molecule has 0 fully saturated rings. The van der Waals surface area contributed by atoms with Gasteiger partial charge in [0.05, 0.1) is 11.0 Å². The van der Waals surface area contributed by atoms with Gasteiger partial charge < -0.3 is 11.1 Å². The number of benzene rings is 1. The van der Waals surface area contributed by atoms with Gasteiger partial charge in [-0.1, -0.05) is 17.7 Å². The molecule has 0 saturated heterocycles. The summed E-state index contributed by atoms with van der Waals surface area (Å²) in [5.41, 5.74) is 5.75. The van der Waals surface area contributed by atoms with Gasteiger partial charge in [-0.2, -0.15) is 4.98 Å². The summed E-state index contributed by atoms with van der Waals surface area (Å²) in [7, 11) is 0. The number of hydrogen-bond donors (Lipinski definition) is 2. The van der Waals surface area contributed by atoms with Crippen LogP contribution in [0.5, 0.6) is 0 Å². The molecule has 1 atom stereocenters. The van der Waals surface area contributed by atoms with Gasteiger partial charge in [0.15, 0.2) is 0 Å². The van der Waals surface area contributed by atoms with Gasteiger partial charge in [-0.3, -0.25) is 10.1 Å². The Bertz CT molecular complexity index is 697. The molecule has 1 heterocycles. The molecule has 0 saturated carbocycles. The van der Waals surface area contributed by atoms with Gasteiger partial charge in [0.2, 0.25) is 11.8 Å². The van der Waals surface area contributed by atoms with Crippen molar-refractivity contribution in [3.8, 4) is 0 Å². The van der Waals surface area contributed by atoms with Crippen LogP contribution >= 0.6 is 11.6 Å². The van der Waals surface area contributed by atoms with E-state index in [2.05, 4.69) is 15.3 Å². The van der Waals surface area contributed by atoms with Crippen LogP contribution in [0.3, 0.4) is 0 Å². The number of nitrogen functional groups attached to an aromatic ring is 1. The lowest BCUT2D eigenvalue weighted by Crippen LogP contribution is -2.11. The highest BCUT2D eigenvalue weighted by Gasteiger charge is 2.16. The molecule has 0 aliphatic heterocycles. The zero-order valence-corrected chi connectivity index (χ0v) is 11.6. The minimum absolute atomic E-state index is 0.117. The third-order valence-corrected chi connectivity index (χ3v) is 3.10. The summed E-state index contributed by atoms with van der Waals surface area (Å²) in [6.45, 7) is 1.76. The summed E-state index contributed by atoms with van der Waals surface area (Å²) in [6, 6.07) is 3.67. The van der Waals surface area contributed by atoms with E-state index in [0.717, 1.165) is 6.20 Å². The molecule has 2 rings (SSSR count). The Morgan fingerprint density at radius 3 is 2.81 bits per heavy atom. The van der Waals surface area contributed by atoms with Crippen LogP contribution in [0.1, 0.15) is 18.5 Å². The number of anilines is 2. The average Bonchev–Trinajstić information content (AvgIpc) is 2.37. The Morgan fingerprint density at radius 2 is 2.24 bits per heavy atom. The molecule has 0 aliphatic rings. The highest BCUT2D eigenvalue weighted by Crippen LogP contribution is 2.26. The molecule has 1 unspecified atom stereocenters.